The van der Waals surface area contributed by atoms with Crippen molar-refractivity contribution in [1.82, 2.24) is 20.3 Å². The zero-order valence-electron chi connectivity index (χ0n) is 21.5. The van der Waals surface area contributed by atoms with Gasteiger partial charge in [-0.1, -0.05) is 0 Å². The largest absolute Gasteiger partial charge is 0.493 e. The Balaban J connectivity index is 1.49. The van der Waals surface area contributed by atoms with Crippen LogP contribution in [0, 0.1) is 6.92 Å². The Kier molecular flexibility index (Phi) is 7.88. The molecule has 0 atom stereocenters. The number of nitrogens with one attached hydrogen (secondary N) is 2. The van der Waals surface area contributed by atoms with E-state index in [-0.39, 0.29) is 11.0 Å². The van der Waals surface area contributed by atoms with Crippen molar-refractivity contribution < 1.29 is 14.3 Å². The number of carbonyl (C=O) groups excluding carboxylic acids is 1. The van der Waals surface area contributed by atoms with Crippen molar-refractivity contribution in [3.8, 4) is 17.2 Å². The van der Waals surface area contributed by atoms with Gasteiger partial charge in [-0.25, -0.2) is 0 Å². The van der Waals surface area contributed by atoms with Crippen LogP contribution in [0.5, 0.6) is 11.5 Å². The van der Waals surface area contributed by atoms with Gasteiger partial charge in [-0.15, -0.1) is 10.2 Å². The Hall–Kier alpha value is -4.18. The predicted molar refractivity (Wildman–Crippen MR) is 150 cm³/mol. The Labute approximate surface area is 221 Å². The first-order valence-electron chi connectivity index (χ1n) is 11.9. The maximum Gasteiger partial charge on any atom is 0.257 e. The summed E-state index contributed by atoms with van der Waals surface area (Å²) in [4.78, 5) is 16.6. The molecule has 37 heavy (non-hydrogen) atoms. The summed E-state index contributed by atoms with van der Waals surface area (Å²) in [5.41, 5.74) is 5.54. The summed E-state index contributed by atoms with van der Waals surface area (Å²) in [7, 11) is 3.06. The smallest absolute Gasteiger partial charge is 0.257 e. The first kappa shape index (κ1) is 25.9. The molecule has 192 valence electrons. The number of ether oxygens (including phenoxy) is 2. The highest BCUT2D eigenvalue weighted by molar-refractivity contribution is 7.80. The van der Waals surface area contributed by atoms with E-state index >= 15 is 0 Å². The normalized spacial score (nSPS) is 10.7. The highest BCUT2D eigenvalue weighted by atomic mass is 32.1. The number of hydrogen-bond acceptors (Lipinski definition) is 7. The van der Waals surface area contributed by atoms with Gasteiger partial charge in [-0.2, -0.15) is 4.80 Å². The van der Waals surface area contributed by atoms with Crippen molar-refractivity contribution in [1.29, 1.82) is 0 Å². The van der Waals surface area contributed by atoms with E-state index in [2.05, 4.69) is 51.7 Å². The second-order valence-electron chi connectivity index (χ2n) is 8.31. The van der Waals surface area contributed by atoms with Crippen LogP contribution in [0.1, 0.15) is 29.8 Å². The summed E-state index contributed by atoms with van der Waals surface area (Å²) in [5, 5.41) is 15.3. The van der Waals surface area contributed by atoms with Gasteiger partial charge in [0.2, 0.25) is 0 Å². The van der Waals surface area contributed by atoms with Crippen molar-refractivity contribution in [2.24, 2.45) is 0 Å². The number of amides is 1. The molecule has 0 radical (unpaired) electrons. The van der Waals surface area contributed by atoms with Gasteiger partial charge in [0.25, 0.3) is 5.91 Å². The van der Waals surface area contributed by atoms with E-state index in [0.29, 0.717) is 22.6 Å². The molecule has 0 saturated carbocycles. The van der Waals surface area contributed by atoms with Crippen LogP contribution in [0.2, 0.25) is 0 Å². The van der Waals surface area contributed by atoms with Crippen LogP contribution in [0.15, 0.2) is 54.6 Å². The number of methoxy groups -OCH3 is 2. The van der Waals surface area contributed by atoms with Gasteiger partial charge in [0.05, 0.1) is 19.9 Å². The van der Waals surface area contributed by atoms with Crippen molar-refractivity contribution in [3.63, 3.8) is 0 Å². The third-order valence-electron chi connectivity index (χ3n) is 6.06. The van der Waals surface area contributed by atoms with Crippen LogP contribution in [0.25, 0.3) is 16.7 Å². The molecule has 9 nitrogen and oxygen atoms in total. The molecule has 0 fully saturated rings. The van der Waals surface area contributed by atoms with Crippen LogP contribution in [-0.4, -0.2) is 53.3 Å². The first-order valence-corrected chi connectivity index (χ1v) is 12.3. The number of thiocarbonyl (C=S) groups is 1. The Bertz CT molecular complexity index is 1430. The molecule has 0 spiro atoms. The molecule has 1 amide bonds. The molecule has 0 bridgehead atoms. The maximum absolute atomic E-state index is 12.7. The zero-order valence-corrected chi connectivity index (χ0v) is 22.3. The molecule has 0 unspecified atom stereocenters. The average molecular weight is 519 g/mol. The number of rotatable bonds is 8. The third-order valence-corrected chi connectivity index (χ3v) is 6.26. The first-order chi connectivity index (χ1) is 17.9. The minimum absolute atomic E-state index is 0.168. The van der Waals surface area contributed by atoms with E-state index < -0.39 is 0 Å². The van der Waals surface area contributed by atoms with Crippen LogP contribution in [0.3, 0.4) is 0 Å². The molecular formula is C27H30N6O3S. The van der Waals surface area contributed by atoms with Crippen molar-refractivity contribution in [2.75, 3.05) is 37.5 Å². The van der Waals surface area contributed by atoms with E-state index in [9.17, 15) is 4.79 Å². The fourth-order valence-electron chi connectivity index (χ4n) is 4.01. The van der Waals surface area contributed by atoms with Gasteiger partial charge in [0, 0.05) is 30.0 Å². The van der Waals surface area contributed by atoms with E-state index in [1.165, 1.54) is 14.2 Å². The summed E-state index contributed by atoms with van der Waals surface area (Å²) >= 11 is 5.40. The number of hydrogen-bond donors (Lipinski definition) is 2. The summed E-state index contributed by atoms with van der Waals surface area (Å²) in [6.07, 6.45) is 0. The lowest BCUT2D eigenvalue weighted by Gasteiger charge is -2.20. The number of aromatic nitrogens is 3. The zero-order chi connectivity index (χ0) is 26.5. The second kappa shape index (κ2) is 11.3. The quantitative estimate of drug-likeness (QED) is 0.324. The summed E-state index contributed by atoms with van der Waals surface area (Å²) in [6, 6.07) is 16.9. The van der Waals surface area contributed by atoms with Gasteiger partial charge >= 0.3 is 0 Å². The van der Waals surface area contributed by atoms with Crippen LogP contribution in [0.4, 0.5) is 11.4 Å². The lowest BCUT2D eigenvalue weighted by molar-refractivity contribution is 0.0977. The molecule has 0 saturated heterocycles. The van der Waals surface area contributed by atoms with Crippen molar-refractivity contribution in [3.05, 3.63) is 65.7 Å². The molecule has 0 aliphatic heterocycles. The Morgan fingerprint density at radius 3 is 2.22 bits per heavy atom. The third kappa shape index (κ3) is 5.64. The fourth-order valence-corrected chi connectivity index (χ4v) is 4.21. The molecule has 4 rings (SSSR count). The lowest BCUT2D eigenvalue weighted by Crippen LogP contribution is -2.34. The average Bonchev–Trinajstić information content (AvgIpc) is 3.32. The van der Waals surface area contributed by atoms with E-state index in [1.807, 2.05) is 31.2 Å². The van der Waals surface area contributed by atoms with Crippen molar-refractivity contribution >= 4 is 45.6 Å². The molecule has 10 heteroatoms. The van der Waals surface area contributed by atoms with Crippen LogP contribution >= 0.6 is 12.2 Å². The number of anilines is 2. The topological polar surface area (TPSA) is 93.5 Å². The summed E-state index contributed by atoms with van der Waals surface area (Å²) in [5.74, 6) is 0.633. The van der Waals surface area contributed by atoms with Gasteiger partial charge in [-0.3, -0.25) is 10.1 Å². The number of aryl methyl sites for hydroxylation is 1. The molecular weight excluding hydrogens is 488 g/mol. The molecule has 2 N–H and O–H groups in total. The predicted octanol–water partition coefficient (Wildman–Crippen LogP) is 4.72. The van der Waals surface area contributed by atoms with Crippen LogP contribution in [-0.2, 0) is 0 Å². The van der Waals surface area contributed by atoms with E-state index in [0.717, 1.165) is 41.2 Å². The monoisotopic (exact) mass is 518 g/mol. The van der Waals surface area contributed by atoms with Crippen molar-refractivity contribution in [2.45, 2.75) is 20.8 Å². The van der Waals surface area contributed by atoms with Gasteiger partial charge in [0.1, 0.15) is 11.0 Å². The number of fused-ring (bicyclic) bond motifs is 1. The van der Waals surface area contributed by atoms with Gasteiger partial charge in [0.15, 0.2) is 16.6 Å². The minimum atomic E-state index is -0.365. The van der Waals surface area contributed by atoms with Crippen LogP contribution < -0.4 is 25.0 Å². The minimum Gasteiger partial charge on any atom is -0.493 e. The maximum atomic E-state index is 12.7. The number of carbonyl (C=O) groups is 1. The molecule has 0 aliphatic carbocycles. The fraction of sp³-hybridized carbons (Fsp3) is 0.259. The Morgan fingerprint density at radius 2 is 1.59 bits per heavy atom. The molecule has 4 aromatic rings. The highest BCUT2D eigenvalue weighted by Gasteiger charge is 2.14. The van der Waals surface area contributed by atoms with E-state index in [1.54, 1.807) is 23.0 Å². The summed E-state index contributed by atoms with van der Waals surface area (Å²) in [6.45, 7) is 8.12. The summed E-state index contributed by atoms with van der Waals surface area (Å²) < 4.78 is 10.5. The second-order valence-corrected chi connectivity index (χ2v) is 8.72. The SMILES string of the molecule is CCN(CC)c1ccc(-n2nc3cc(C)c(NC(=S)NC(=O)c4ccc(OC)c(OC)c4)cc3n2)cc1. The molecule has 1 heterocycles. The number of nitrogens with zero attached hydrogens (tertiary/aromatic N) is 4. The number of benzene rings is 3. The van der Waals surface area contributed by atoms with E-state index in [4.69, 9.17) is 21.7 Å². The lowest BCUT2D eigenvalue weighted by atomic mass is 10.1. The molecule has 3 aromatic carbocycles. The molecule has 0 aliphatic rings. The van der Waals surface area contributed by atoms with Gasteiger partial charge in [-0.05, 0) is 93.1 Å². The molecule has 1 aromatic heterocycles. The standard InChI is InChI=1S/C27H30N6O3S/c1-6-32(7-2)19-9-11-20(12-10-19)33-30-22-14-17(3)21(16-23(22)31-33)28-27(37)29-26(34)18-8-13-24(35-4)25(15-18)36-5/h8-16H,6-7H2,1-5H3,(H2,28,29,34,37). The Morgan fingerprint density at radius 1 is 0.946 bits per heavy atom. The highest BCUT2D eigenvalue weighted by Crippen LogP contribution is 2.27. The van der Waals surface area contributed by atoms with Gasteiger partial charge < -0.3 is 19.7 Å².